The molecule has 6 heteroatoms. The minimum absolute atomic E-state index is 0.511. The van der Waals surface area contributed by atoms with Crippen molar-refractivity contribution in [2.75, 3.05) is 20.5 Å². The van der Waals surface area contributed by atoms with Crippen LogP contribution in [0.15, 0.2) is 26.4 Å². The van der Waals surface area contributed by atoms with Crippen molar-refractivity contribution in [3.63, 3.8) is 0 Å². The van der Waals surface area contributed by atoms with Gasteiger partial charge in [0, 0.05) is 18.4 Å². The Morgan fingerprint density at radius 3 is 2.35 bits per heavy atom. The quantitative estimate of drug-likeness (QED) is 0.813. The standard InChI is InChI=1S/C11H14N2O3S/c1-7-12-8-5-9(15-2)10(16-3)6-11(8)17(4,14)13-7/h5-6H,1-4H3. The van der Waals surface area contributed by atoms with Crippen LogP contribution in [0.3, 0.4) is 0 Å². The van der Waals surface area contributed by atoms with Gasteiger partial charge in [-0.25, -0.2) is 9.20 Å². The molecule has 1 heterocycles. The van der Waals surface area contributed by atoms with E-state index >= 15 is 0 Å². The highest BCUT2D eigenvalue weighted by atomic mass is 32.2. The Balaban J connectivity index is 2.76. The summed E-state index contributed by atoms with van der Waals surface area (Å²) in [4.78, 5) is 4.84. The van der Waals surface area contributed by atoms with Gasteiger partial charge in [-0.05, 0) is 6.92 Å². The second-order valence-corrected chi connectivity index (χ2v) is 5.96. The highest BCUT2D eigenvalue weighted by molar-refractivity contribution is 7.93. The van der Waals surface area contributed by atoms with Crippen molar-refractivity contribution in [1.82, 2.24) is 0 Å². The van der Waals surface area contributed by atoms with Crippen LogP contribution in [0.4, 0.5) is 5.69 Å². The molecule has 17 heavy (non-hydrogen) atoms. The number of ether oxygens (including phenoxy) is 2. The van der Waals surface area contributed by atoms with Crippen molar-refractivity contribution in [2.24, 2.45) is 9.36 Å². The Kier molecular flexibility index (Phi) is 2.82. The first-order chi connectivity index (χ1) is 7.97. The first-order valence-corrected chi connectivity index (χ1v) is 6.94. The smallest absolute Gasteiger partial charge is 0.162 e. The molecule has 0 spiro atoms. The molecule has 2 rings (SSSR count). The number of fused-ring (bicyclic) bond motifs is 1. The molecule has 1 unspecified atom stereocenters. The lowest BCUT2D eigenvalue weighted by Gasteiger charge is -2.16. The molecule has 0 amide bonds. The van der Waals surface area contributed by atoms with Gasteiger partial charge >= 0.3 is 0 Å². The highest BCUT2D eigenvalue weighted by Crippen LogP contribution is 2.39. The van der Waals surface area contributed by atoms with Gasteiger partial charge in [0.05, 0.1) is 34.5 Å². The van der Waals surface area contributed by atoms with Crippen LogP contribution in [0.1, 0.15) is 6.92 Å². The predicted molar refractivity (Wildman–Crippen MR) is 67.1 cm³/mol. The SMILES string of the molecule is COc1cc2c(cc1OC)S(C)(=O)=NC(C)=N2. The van der Waals surface area contributed by atoms with Gasteiger partial charge in [0.1, 0.15) is 5.84 Å². The summed E-state index contributed by atoms with van der Waals surface area (Å²) in [6.07, 6.45) is 1.59. The van der Waals surface area contributed by atoms with Gasteiger partial charge in [-0.15, -0.1) is 0 Å². The average Bonchev–Trinajstić information content (AvgIpc) is 2.26. The summed E-state index contributed by atoms with van der Waals surface area (Å²) in [5, 5.41) is 0. The monoisotopic (exact) mass is 254 g/mol. The molecule has 92 valence electrons. The molecule has 0 bridgehead atoms. The van der Waals surface area contributed by atoms with Gasteiger partial charge in [-0.1, -0.05) is 0 Å². The van der Waals surface area contributed by atoms with Crippen molar-refractivity contribution in [3.05, 3.63) is 12.1 Å². The topological polar surface area (TPSA) is 60.2 Å². The van der Waals surface area contributed by atoms with Crippen LogP contribution in [-0.4, -0.2) is 30.5 Å². The molecule has 0 radical (unpaired) electrons. The van der Waals surface area contributed by atoms with Crippen molar-refractivity contribution in [2.45, 2.75) is 11.8 Å². The summed E-state index contributed by atoms with van der Waals surface area (Å²) in [7, 11) is 0.651. The molecular formula is C11H14N2O3S. The van der Waals surface area contributed by atoms with Crippen LogP contribution in [0, 0.1) is 0 Å². The Labute approximate surface area is 101 Å². The fourth-order valence-corrected chi connectivity index (χ4v) is 3.20. The molecule has 0 fully saturated rings. The van der Waals surface area contributed by atoms with Crippen LogP contribution in [0.25, 0.3) is 0 Å². The van der Waals surface area contributed by atoms with E-state index in [1.807, 2.05) is 0 Å². The molecule has 0 N–H and O–H groups in total. The maximum Gasteiger partial charge on any atom is 0.162 e. The minimum Gasteiger partial charge on any atom is -0.493 e. The summed E-state index contributed by atoms with van der Waals surface area (Å²) in [5.74, 6) is 1.61. The fraction of sp³-hybridized carbons (Fsp3) is 0.364. The number of aliphatic imine (C=N–C) groups is 1. The minimum atomic E-state index is -2.44. The average molecular weight is 254 g/mol. The second-order valence-electron chi connectivity index (χ2n) is 3.73. The zero-order valence-electron chi connectivity index (χ0n) is 10.2. The number of hydrogen-bond donors (Lipinski definition) is 0. The zero-order chi connectivity index (χ0) is 12.6. The molecule has 1 aliphatic heterocycles. The summed E-state index contributed by atoms with van der Waals surface area (Å²) in [5.41, 5.74) is 0.627. The normalized spacial score (nSPS) is 22.2. The number of methoxy groups -OCH3 is 2. The summed E-state index contributed by atoms with van der Waals surface area (Å²) >= 11 is 0. The van der Waals surface area contributed by atoms with E-state index in [4.69, 9.17) is 9.47 Å². The Hall–Kier alpha value is -1.56. The molecular weight excluding hydrogens is 240 g/mol. The molecule has 1 aliphatic rings. The largest absolute Gasteiger partial charge is 0.493 e. The van der Waals surface area contributed by atoms with Gasteiger partial charge in [0.15, 0.2) is 11.5 Å². The molecule has 0 saturated heterocycles. The van der Waals surface area contributed by atoms with Crippen LogP contribution < -0.4 is 9.47 Å². The molecule has 1 atom stereocenters. The van der Waals surface area contributed by atoms with Crippen molar-refractivity contribution >= 4 is 21.3 Å². The van der Waals surface area contributed by atoms with E-state index in [1.54, 1.807) is 32.4 Å². The third-order valence-corrected chi connectivity index (χ3v) is 4.22. The predicted octanol–water partition coefficient (Wildman–Crippen LogP) is 2.22. The van der Waals surface area contributed by atoms with Crippen LogP contribution in [0.5, 0.6) is 11.5 Å². The number of nitrogens with zero attached hydrogens (tertiary/aromatic N) is 2. The lowest BCUT2D eigenvalue weighted by atomic mass is 10.2. The van der Waals surface area contributed by atoms with Gasteiger partial charge in [-0.3, -0.25) is 0 Å². The van der Waals surface area contributed by atoms with Crippen LogP contribution >= 0.6 is 0 Å². The summed E-state index contributed by atoms with van der Waals surface area (Å²) in [6.45, 7) is 1.72. The van der Waals surface area contributed by atoms with E-state index < -0.39 is 9.73 Å². The highest BCUT2D eigenvalue weighted by Gasteiger charge is 2.20. The van der Waals surface area contributed by atoms with Gasteiger partial charge < -0.3 is 9.47 Å². The lowest BCUT2D eigenvalue weighted by Crippen LogP contribution is -2.07. The second kappa shape index (κ2) is 4.03. The maximum atomic E-state index is 12.4. The van der Waals surface area contributed by atoms with Crippen molar-refractivity contribution in [3.8, 4) is 11.5 Å². The van der Waals surface area contributed by atoms with Gasteiger partial charge in [0.2, 0.25) is 0 Å². The van der Waals surface area contributed by atoms with E-state index in [9.17, 15) is 4.21 Å². The Bertz CT molecular complexity index is 613. The first-order valence-electron chi connectivity index (χ1n) is 5.01. The summed E-state index contributed by atoms with van der Waals surface area (Å²) < 4.78 is 26.8. The molecule has 1 aromatic carbocycles. The maximum absolute atomic E-state index is 12.4. The molecule has 1 aromatic rings. The van der Waals surface area contributed by atoms with E-state index in [-0.39, 0.29) is 0 Å². The number of rotatable bonds is 2. The molecule has 0 saturated carbocycles. The molecule has 5 nitrogen and oxygen atoms in total. The lowest BCUT2D eigenvalue weighted by molar-refractivity contribution is 0.354. The van der Waals surface area contributed by atoms with Gasteiger partial charge in [0.25, 0.3) is 0 Å². The number of benzene rings is 1. The van der Waals surface area contributed by atoms with E-state index in [0.29, 0.717) is 27.9 Å². The van der Waals surface area contributed by atoms with E-state index in [0.717, 1.165) is 0 Å². The number of hydrogen-bond acceptors (Lipinski definition) is 5. The first kappa shape index (κ1) is 11.9. The summed E-state index contributed by atoms with van der Waals surface area (Å²) in [6, 6.07) is 3.39. The third kappa shape index (κ3) is 2.00. The molecule has 0 aromatic heterocycles. The Morgan fingerprint density at radius 2 is 1.76 bits per heavy atom. The van der Waals surface area contributed by atoms with Crippen molar-refractivity contribution < 1.29 is 13.7 Å². The van der Waals surface area contributed by atoms with Crippen LogP contribution in [0.2, 0.25) is 0 Å². The van der Waals surface area contributed by atoms with Crippen molar-refractivity contribution in [1.29, 1.82) is 0 Å². The van der Waals surface area contributed by atoms with Crippen LogP contribution in [-0.2, 0) is 9.73 Å². The molecule has 0 aliphatic carbocycles. The van der Waals surface area contributed by atoms with E-state index in [2.05, 4.69) is 9.36 Å². The zero-order valence-corrected chi connectivity index (χ0v) is 11.0. The van der Waals surface area contributed by atoms with E-state index in [1.165, 1.54) is 7.11 Å². The Morgan fingerprint density at radius 1 is 1.18 bits per heavy atom. The third-order valence-electron chi connectivity index (χ3n) is 2.46. The van der Waals surface area contributed by atoms with Gasteiger partial charge in [-0.2, -0.15) is 4.36 Å². The fourth-order valence-electron chi connectivity index (χ4n) is 1.74. The number of amidine groups is 1.